The third-order valence-corrected chi connectivity index (χ3v) is 2.23. The van der Waals surface area contributed by atoms with Crippen LogP contribution in [-0.2, 0) is 4.79 Å². The van der Waals surface area contributed by atoms with Gasteiger partial charge in [-0.1, -0.05) is 12.1 Å². The van der Waals surface area contributed by atoms with Crippen molar-refractivity contribution in [1.82, 2.24) is 0 Å². The Hall–Kier alpha value is -1.57. The van der Waals surface area contributed by atoms with Crippen LogP contribution < -0.4 is 5.73 Å². The lowest BCUT2D eigenvalue weighted by atomic mass is 10.0. The minimum absolute atomic E-state index is 0.769. The highest BCUT2D eigenvalue weighted by molar-refractivity contribution is 5.75. The van der Waals surface area contributed by atoms with Crippen LogP contribution in [0.2, 0.25) is 0 Å². The molecule has 0 saturated heterocycles. The number of nitrogen functional groups attached to an aromatic ring is 1. The number of rotatable bonds is 2. The van der Waals surface area contributed by atoms with Crippen LogP contribution in [0.4, 0.5) is 5.69 Å². The van der Waals surface area contributed by atoms with Crippen LogP contribution in [0, 0.1) is 13.8 Å². The summed E-state index contributed by atoms with van der Waals surface area (Å²) in [4.78, 5) is 10.1. The van der Waals surface area contributed by atoms with Gasteiger partial charge in [-0.15, -0.1) is 0 Å². The maximum Gasteiger partial charge on any atom is 0.142 e. The first-order valence-corrected chi connectivity index (χ1v) is 4.14. The molecule has 2 nitrogen and oxygen atoms in total. The molecule has 13 heavy (non-hydrogen) atoms. The van der Waals surface area contributed by atoms with E-state index in [1.807, 2.05) is 26.0 Å². The predicted octanol–water partition coefficient (Wildman–Crippen LogP) is 2.10. The second-order valence-electron chi connectivity index (χ2n) is 2.99. The van der Waals surface area contributed by atoms with Crippen LogP contribution in [0.3, 0.4) is 0 Å². The Labute approximate surface area is 78.1 Å². The van der Waals surface area contributed by atoms with Gasteiger partial charge in [0.2, 0.25) is 0 Å². The normalized spacial score (nSPS) is 10.6. The molecule has 1 aromatic carbocycles. The van der Waals surface area contributed by atoms with E-state index in [1.165, 1.54) is 6.08 Å². The number of benzene rings is 1. The summed E-state index contributed by atoms with van der Waals surface area (Å²) in [6.45, 7) is 3.97. The number of hydrogen-bond acceptors (Lipinski definition) is 2. The third-order valence-electron chi connectivity index (χ3n) is 2.23. The zero-order valence-corrected chi connectivity index (χ0v) is 7.87. The summed E-state index contributed by atoms with van der Waals surface area (Å²) in [6.07, 6.45) is 4.04. The predicted molar refractivity (Wildman–Crippen MR) is 55.4 cm³/mol. The molecule has 0 saturated carbocycles. The number of anilines is 1. The number of carbonyl (C=O) groups excluding carboxylic acids is 1. The number of nitrogens with two attached hydrogens (primary N) is 1. The fraction of sp³-hybridized carbons (Fsp3) is 0.182. The van der Waals surface area contributed by atoms with Crippen LogP contribution in [-0.4, -0.2) is 6.29 Å². The van der Waals surface area contributed by atoms with Crippen LogP contribution in [0.1, 0.15) is 16.7 Å². The van der Waals surface area contributed by atoms with Crippen molar-refractivity contribution in [2.45, 2.75) is 13.8 Å². The lowest BCUT2D eigenvalue weighted by Gasteiger charge is -2.06. The first kappa shape index (κ1) is 9.52. The molecule has 0 aliphatic heterocycles. The summed E-state index contributed by atoms with van der Waals surface area (Å²) >= 11 is 0. The fourth-order valence-electron chi connectivity index (χ4n) is 1.19. The van der Waals surface area contributed by atoms with Gasteiger partial charge in [0.05, 0.1) is 0 Å². The van der Waals surface area contributed by atoms with Crippen LogP contribution in [0.5, 0.6) is 0 Å². The molecule has 0 radical (unpaired) electrons. The van der Waals surface area contributed by atoms with E-state index < -0.39 is 0 Å². The molecule has 2 N–H and O–H groups in total. The molecule has 0 heterocycles. The summed E-state index contributed by atoms with van der Waals surface area (Å²) in [5, 5.41) is 0. The van der Waals surface area contributed by atoms with Crippen molar-refractivity contribution in [2.24, 2.45) is 0 Å². The molecule has 0 aliphatic rings. The van der Waals surface area contributed by atoms with Gasteiger partial charge in [-0.2, -0.15) is 0 Å². The van der Waals surface area contributed by atoms with E-state index in [2.05, 4.69) is 0 Å². The monoisotopic (exact) mass is 175 g/mol. The SMILES string of the molecule is Cc1c(N)ccc(C=CC=O)c1C. The molecule has 0 aromatic heterocycles. The largest absolute Gasteiger partial charge is 0.399 e. The molecule has 0 amide bonds. The van der Waals surface area contributed by atoms with Gasteiger partial charge in [0.1, 0.15) is 6.29 Å². The van der Waals surface area contributed by atoms with E-state index >= 15 is 0 Å². The first-order chi connectivity index (χ1) is 6.16. The fourth-order valence-corrected chi connectivity index (χ4v) is 1.19. The first-order valence-electron chi connectivity index (χ1n) is 4.14. The standard InChI is InChI=1S/C11H13NO/c1-8-9(2)11(12)6-5-10(8)4-3-7-13/h3-7H,12H2,1-2H3. The number of carbonyl (C=O) groups is 1. The summed E-state index contributed by atoms with van der Waals surface area (Å²) in [6, 6.07) is 3.77. The minimum Gasteiger partial charge on any atom is -0.399 e. The van der Waals surface area contributed by atoms with Gasteiger partial charge in [-0.3, -0.25) is 4.79 Å². The zero-order chi connectivity index (χ0) is 9.84. The zero-order valence-electron chi connectivity index (χ0n) is 7.87. The molecule has 2 heteroatoms. The van der Waals surface area contributed by atoms with Crippen molar-refractivity contribution in [3.05, 3.63) is 34.9 Å². The molecular weight excluding hydrogens is 162 g/mol. The quantitative estimate of drug-likeness (QED) is 0.425. The van der Waals surface area contributed by atoms with Crippen molar-refractivity contribution in [2.75, 3.05) is 5.73 Å². The maximum atomic E-state index is 10.1. The molecule has 0 unspecified atom stereocenters. The lowest BCUT2D eigenvalue weighted by Crippen LogP contribution is -1.93. The number of allylic oxidation sites excluding steroid dienone is 1. The van der Waals surface area contributed by atoms with E-state index in [9.17, 15) is 4.79 Å². The van der Waals surface area contributed by atoms with Crippen molar-refractivity contribution < 1.29 is 4.79 Å². The summed E-state index contributed by atoms with van der Waals surface area (Å²) < 4.78 is 0. The molecule has 1 rings (SSSR count). The van der Waals surface area contributed by atoms with Gasteiger partial charge in [-0.25, -0.2) is 0 Å². The smallest absolute Gasteiger partial charge is 0.142 e. The van der Waals surface area contributed by atoms with E-state index in [0.29, 0.717) is 0 Å². The Morgan fingerprint density at radius 2 is 1.92 bits per heavy atom. The van der Waals surface area contributed by atoms with Gasteiger partial charge in [0, 0.05) is 5.69 Å². The molecular formula is C11H13NO. The van der Waals surface area contributed by atoms with E-state index in [0.717, 1.165) is 28.7 Å². The van der Waals surface area contributed by atoms with Crippen LogP contribution >= 0.6 is 0 Å². The molecule has 68 valence electrons. The Balaban J connectivity index is 3.17. The molecule has 0 atom stereocenters. The van der Waals surface area contributed by atoms with Crippen molar-refractivity contribution in [1.29, 1.82) is 0 Å². The molecule has 0 fully saturated rings. The minimum atomic E-state index is 0.769. The lowest BCUT2D eigenvalue weighted by molar-refractivity contribution is -0.104. The topological polar surface area (TPSA) is 43.1 Å². The third kappa shape index (κ3) is 1.96. The van der Waals surface area contributed by atoms with Gasteiger partial charge >= 0.3 is 0 Å². The van der Waals surface area contributed by atoms with Crippen LogP contribution in [0.25, 0.3) is 6.08 Å². The van der Waals surface area contributed by atoms with Crippen LogP contribution in [0.15, 0.2) is 18.2 Å². The Kier molecular flexibility index (Phi) is 2.85. The highest BCUT2D eigenvalue weighted by atomic mass is 16.1. The molecule has 0 aliphatic carbocycles. The van der Waals surface area contributed by atoms with Crippen molar-refractivity contribution >= 4 is 18.0 Å². The van der Waals surface area contributed by atoms with E-state index in [1.54, 1.807) is 6.08 Å². The summed E-state index contributed by atoms with van der Waals surface area (Å²) in [5.41, 5.74) is 9.76. The molecule has 0 bridgehead atoms. The van der Waals surface area contributed by atoms with Gasteiger partial charge < -0.3 is 5.73 Å². The second-order valence-corrected chi connectivity index (χ2v) is 2.99. The van der Waals surface area contributed by atoms with Crippen molar-refractivity contribution in [3.8, 4) is 0 Å². The van der Waals surface area contributed by atoms with Gasteiger partial charge in [-0.05, 0) is 42.7 Å². The summed E-state index contributed by atoms with van der Waals surface area (Å²) in [7, 11) is 0. The maximum absolute atomic E-state index is 10.1. The number of aldehydes is 1. The Bertz CT molecular complexity index is 353. The number of hydrogen-bond donors (Lipinski definition) is 1. The Morgan fingerprint density at radius 3 is 2.54 bits per heavy atom. The molecule has 0 spiro atoms. The average molecular weight is 175 g/mol. The van der Waals surface area contributed by atoms with Gasteiger partial charge in [0.15, 0.2) is 0 Å². The highest BCUT2D eigenvalue weighted by Gasteiger charge is 2.00. The van der Waals surface area contributed by atoms with E-state index in [-0.39, 0.29) is 0 Å². The molecule has 1 aromatic rings. The van der Waals surface area contributed by atoms with Crippen molar-refractivity contribution in [3.63, 3.8) is 0 Å². The average Bonchev–Trinajstić information content (AvgIpc) is 2.13. The second kappa shape index (κ2) is 3.90. The highest BCUT2D eigenvalue weighted by Crippen LogP contribution is 2.20. The summed E-state index contributed by atoms with van der Waals surface area (Å²) in [5.74, 6) is 0. The van der Waals surface area contributed by atoms with E-state index in [4.69, 9.17) is 5.73 Å². The Morgan fingerprint density at radius 1 is 1.23 bits per heavy atom. The van der Waals surface area contributed by atoms with Gasteiger partial charge in [0.25, 0.3) is 0 Å².